The second-order valence-corrected chi connectivity index (χ2v) is 5.03. The van der Waals surface area contributed by atoms with Gasteiger partial charge in [-0.1, -0.05) is 13.2 Å². The van der Waals surface area contributed by atoms with Gasteiger partial charge < -0.3 is 9.47 Å². The summed E-state index contributed by atoms with van der Waals surface area (Å²) in [4.78, 5) is 36.7. The van der Waals surface area contributed by atoms with Gasteiger partial charge >= 0.3 is 11.9 Å². The van der Waals surface area contributed by atoms with Gasteiger partial charge in [-0.05, 0) is 20.8 Å². The SMILES string of the molecule is C=C(C)C(=O)OCCC(C)(CCOC(=O)C(=C)C)N=C=O. The molecule has 0 fully saturated rings. The number of esters is 2. The van der Waals surface area contributed by atoms with Crippen LogP contribution in [-0.2, 0) is 23.9 Å². The molecule has 21 heavy (non-hydrogen) atoms. The van der Waals surface area contributed by atoms with E-state index >= 15 is 0 Å². The lowest BCUT2D eigenvalue weighted by molar-refractivity contribution is -0.139. The summed E-state index contributed by atoms with van der Waals surface area (Å²) in [6, 6.07) is 0. The van der Waals surface area contributed by atoms with E-state index in [2.05, 4.69) is 18.2 Å². The molecular formula is C15H21NO5. The van der Waals surface area contributed by atoms with Crippen LogP contribution >= 0.6 is 0 Å². The van der Waals surface area contributed by atoms with Crippen LogP contribution in [-0.4, -0.2) is 36.8 Å². The number of rotatable bonds is 9. The van der Waals surface area contributed by atoms with Crippen molar-refractivity contribution in [3.63, 3.8) is 0 Å². The lowest BCUT2D eigenvalue weighted by atomic mass is 9.95. The minimum absolute atomic E-state index is 0.0851. The first-order valence-corrected chi connectivity index (χ1v) is 6.46. The number of ether oxygens (including phenoxy) is 2. The van der Waals surface area contributed by atoms with E-state index in [0.29, 0.717) is 24.0 Å². The van der Waals surface area contributed by atoms with E-state index in [4.69, 9.17) is 9.47 Å². The molecule has 0 saturated heterocycles. The molecule has 0 bridgehead atoms. The fourth-order valence-electron chi connectivity index (χ4n) is 1.32. The van der Waals surface area contributed by atoms with E-state index in [9.17, 15) is 14.4 Å². The molecule has 0 radical (unpaired) electrons. The van der Waals surface area contributed by atoms with Crippen molar-refractivity contribution >= 4 is 18.0 Å². The number of hydrogen-bond donors (Lipinski definition) is 0. The highest BCUT2D eigenvalue weighted by Gasteiger charge is 2.24. The van der Waals surface area contributed by atoms with Gasteiger partial charge in [-0.15, -0.1) is 0 Å². The van der Waals surface area contributed by atoms with Crippen LogP contribution in [0.15, 0.2) is 29.3 Å². The summed E-state index contributed by atoms with van der Waals surface area (Å²) in [6.07, 6.45) is 2.11. The summed E-state index contributed by atoms with van der Waals surface area (Å²) in [5.41, 5.74) is -0.219. The highest BCUT2D eigenvalue weighted by molar-refractivity contribution is 5.87. The van der Waals surface area contributed by atoms with E-state index < -0.39 is 17.5 Å². The molecular weight excluding hydrogens is 274 g/mol. The molecule has 0 aromatic rings. The zero-order valence-electron chi connectivity index (χ0n) is 12.7. The van der Waals surface area contributed by atoms with Crippen LogP contribution in [0.1, 0.15) is 33.6 Å². The normalized spacial score (nSPS) is 10.2. The summed E-state index contributed by atoms with van der Waals surface area (Å²) in [6.45, 7) is 11.9. The van der Waals surface area contributed by atoms with Gasteiger partial charge in [-0.2, -0.15) is 4.99 Å². The Morgan fingerprint density at radius 1 is 1.05 bits per heavy atom. The van der Waals surface area contributed by atoms with Crippen LogP contribution in [0.3, 0.4) is 0 Å². The van der Waals surface area contributed by atoms with Crippen molar-refractivity contribution in [2.75, 3.05) is 13.2 Å². The van der Waals surface area contributed by atoms with Crippen LogP contribution < -0.4 is 0 Å². The third-order valence-electron chi connectivity index (χ3n) is 2.76. The minimum Gasteiger partial charge on any atom is -0.462 e. The van der Waals surface area contributed by atoms with E-state index in [-0.39, 0.29) is 13.2 Å². The molecule has 116 valence electrons. The van der Waals surface area contributed by atoms with Crippen molar-refractivity contribution in [1.82, 2.24) is 0 Å². The lowest BCUT2D eigenvalue weighted by Gasteiger charge is -2.22. The number of aliphatic imine (C=N–C) groups is 1. The van der Waals surface area contributed by atoms with Crippen molar-refractivity contribution in [3.8, 4) is 0 Å². The maximum absolute atomic E-state index is 11.3. The zero-order chi connectivity index (χ0) is 16.5. The molecule has 0 aliphatic heterocycles. The molecule has 0 aromatic carbocycles. The van der Waals surface area contributed by atoms with Crippen molar-refractivity contribution in [3.05, 3.63) is 24.3 Å². The van der Waals surface area contributed by atoms with Crippen LogP contribution in [0, 0.1) is 0 Å². The van der Waals surface area contributed by atoms with Gasteiger partial charge in [0.25, 0.3) is 0 Å². The van der Waals surface area contributed by atoms with E-state index in [1.165, 1.54) is 6.08 Å². The molecule has 0 heterocycles. The Morgan fingerprint density at radius 2 is 1.43 bits per heavy atom. The Balaban J connectivity index is 4.39. The molecule has 0 aromatic heterocycles. The predicted molar refractivity (Wildman–Crippen MR) is 77.3 cm³/mol. The smallest absolute Gasteiger partial charge is 0.333 e. The Morgan fingerprint density at radius 3 is 1.71 bits per heavy atom. The summed E-state index contributed by atoms with van der Waals surface area (Å²) >= 11 is 0. The first kappa shape index (κ1) is 18.8. The van der Waals surface area contributed by atoms with Gasteiger partial charge in [0.1, 0.15) is 0 Å². The highest BCUT2D eigenvalue weighted by atomic mass is 16.5. The Bertz CT molecular complexity index is 442. The minimum atomic E-state index is -0.813. The van der Waals surface area contributed by atoms with Gasteiger partial charge in [0, 0.05) is 24.0 Å². The lowest BCUT2D eigenvalue weighted by Crippen LogP contribution is -2.27. The molecule has 6 nitrogen and oxygen atoms in total. The van der Waals surface area contributed by atoms with Gasteiger partial charge in [0.2, 0.25) is 6.08 Å². The largest absolute Gasteiger partial charge is 0.462 e. The van der Waals surface area contributed by atoms with Gasteiger partial charge in [0.15, 0.2) is 0 Å². The monoisotopic (exact) mass is 295 g/mol. The number of nitrogens with zero attached hydrogens (tertiary/aromatic N) is 1. The average Bonchev–Trinajstić information content (AvgIpc) is 2.38. The quantitative estimate of drug-likeness (QED) is 0.281. The van der Waals surface area contributed by atoms with E-state index in [1.807, 2.05) is 0 Å². The van der Waals surface area contributed by atoms with Crippen LogP contribution in [0.2, 0.25) is 0 Å². The van der Waals surface area contributed by atoms with E-state index in [1.54, 1.807) is 20.8 Å². The number of carbonyl (C=O) groups is 2. The maximum Gasteiger partial charge on any atom is 0.333 e. The molecule has 0 saturated carbocycles. The Hall–Kier alpha value is -2.20. The fourth-order valence-corrected chi connectivity index (χ4v) is 1.32. The topological polar surface area (TPSA) is 82.0 Å². The van der Waals surface area contributed by atoms with Gasteiger partial charge in [-0.3, -0.25) is 0 Å². The van der Waals surface area contributed by atoms with E-state index in [0.717, 1.165) is 0 Å². The predicted octanol–water partition coefficient (Wildman–Crippen LogP) is 2.10. The third-order valence-corrected chi connectivity index (χ3v) is 2.76. The summed E-state index contributed by atoms with van der Waals surface area (Å²) in [7, 11) is 0. The number of hydrogen-bond acceptors (Lipinski definition) is 6. The average molecular weight is 295 g/mol. The Kier molecular flexibility index (Phi) is 7.94. The molecule has 0 spiro atoms. The number of isocyanates is 1. The molecule has 0 unspecified atom stereocenters. The molecule has 0 atom stereocenters. The van der Waals surface area contributed by atoms with Crippen LogP contribution in [0.5, 0.6) is 0 Å². The second kappa shape index (κ2) is 8.87. The Labute approximate surface area is 124 Å². The second-order valence-electron chi connectivity index (χ2n) is 5.03. The molecule has 0 N–H and O–H groups in total. The van der Waals surface area contributed by atoms with Crippen molar-refractivity contribution < 1.29 is 23.9 Å². The molecule has 0 aliphatic rings. The van der Waals surface area contributed by atoms with Gasteiger partial charge in [0.05, 0.1) is 18.8 Å². The molecule has 0 amide bonds. The summed E-state index contributed by atoms with van der Waals surface area (Å²) in [5.74, 6) is -0.998. The fraction of sp³-hybridized carbons (Fsp3) is 0.533. The van der Waals surface area contributed by atoms with Crippen molar-refractivity contribution in [2.45, 2.75) is 39.2 Å². The maximum atomic E-state index is 11.3. The van der Waals surface area contributed by atoms with Crippen molar-refractivity contribution in [1.29, 1.82) is 0 Å². The number of carbonyl (C=O) groups excluding carboxylic acids is 3. The highest BCUT2D eigenvalue weighted by Crippen LogP contribution is 2.20. The zero-order valence-corrected chi connectivity index (χ0v) is 12.7. The van der Waals surface area contributed by atoms with Crippen molar-refractivity contribution in [2.24, 2.45) is 4.99 Å². The summed E-state index contributed by atoms with van der Waals surface area (Å²) < 4.78 is 9.92. The summed E-state index contributed by atoms with van der Waals surface area (Å²) in [5, 5.41) is 0. The van der Waals surface area contributed by atoms with Crippen LogP contribution in [0.25, 0.3) is 0 Å². The molecule has 0 rings (SSSR count). The molecule has 6 heteroatoms. The first-order valence-electron chi connectivity index (χ1n) is 6.46. The van der Waals surface area contributed by atoms with Gasteiger partial charge in [-0.25, -0.2) is 14.4 Å². The molecule has 0 aliphatic carbocycles. The van der Waals surface area contributed by atoms with Crippen LogP contribution in [0.4, 0.5) is 0 Å². The first-order chi connectivity index (χ1) is 9.72. The third kappa shape index (κ3) is 7.84. The standard InChI is InChI=1S/C15H21NO5/c1-11(2)13(18)20-8-6-15(5,16-10-17)7-9-21-14(19)12(3)4/h1,3,6-9H2,2,4-5H3.